The number of amides is 1. The molecule has 0 fully saturated rings. The standard InChI is InChI=1S/C32H35N3O3S2/c1-4-38-29(36)27(35-30(37)31(2,3)39-23-28-33-20-21-34-28)22-40-32(24-14-8-5-9-15-24,25-16-10-6-11-17-25)26-18-12-7-13-19-26/h5-21,27H,4,22-23H2,1-3H3,(H,33,34)(H,35,37)/t27-/m0/s1. The van der Waals surface area contributed by atoms with Gasteiger partial charge in [-0.1, -0.05) is 91.0 Å². The largest absolute Gasteiger partial charge is 0.464 e. The van der Waals surface area contributed by atoms with Gasteiger partial charge in [-0.15, -0.1) is 23.5 Å². The molecule has 0 saturated carbocycles. The zero-order valence-electron chi connectivity index (χ0n) is 23.0. The number of esters is 1. The number of carbonyl (C=O) groups is 2. The van der Waals surface area contributed by atoms with Gasteiger partial charge in [0.1, 0.15) is 11.9 Å². The van der Waals surface area contributed by atoms with Crippen molar-refractivity contribution < 1.29 is 14.3 Å². The van der Waals surface area contributed by atoms with Crippen molar-refractivity contribution in [3.63, 3.8) is 0 Å². The number of hydrogen-bond donors (Lipinski definition) is 2. The molecule has 1 amide bonds. The van der Waals surface area contributed by atoms with Crippen molar-refractivity contribution in [2.45, 2.75) is 42.1 Å². The molecule has 4 rings (SSSR count). The lowest BCUT2D eigenvalue weighted by atomic mass is 9.84. The van der Waals surface area contributed by atoms with Crippen molar-refractivity contribution >= 4 is 35.4 Å². The van der Waals surface area contributed by atoms with Gasteiger partial charge in [0.2, 0.25) is 5.91 Å². The second-order valence-electron chi connectivity index (χ2n) is 9.70. The lowest BCUT2D eigenvalue weighted by molar-refractivity contribution is -0.146. The third kappa shape index (κ3) is 6.98. The maximum Gasteiger partial charge on any atom is 0.329 e. The first-order valence-corrected chi connectivity index (χ1v) is 15.2. The van der Waals surface area contributed by atoms with Gasteiger partial charge in [-0.3, -0.25) is 4.79 Å². The summed E-state index contributed by atoms with van der Waals surface area (Å²) in [5, 5.41) is 3.01. The van der Waals surface area contributed by atoms with Gasteiger partial charge in [-0.05, 0) is 37.5 Å². The fourth-order valence-electron chi connectivity index (χ4n) is 4.41. The highest BCUT2D eigenvalue weighted by atomic mass is 32.2. The van der Waals surface area contributed by atoms with E-state index in [9.17, 15) is 9.59 Å². The summed E-state index contributed by atoms with van der Waals surface area (Å²) in [6.07, 6.45) is 3.45. The molecule has 208 valence electrons. The van der Waals surface area contributed by atoms with Crippen LogP contribution in [0.5, 0.6) is 0 Å². The minimum Gasteiger partial charge on any atom is -0.464 e. The number of carbonyl (C=O) groups excluding carboxylic acids is 2. The van der Waals surface area contributed by atoms with Gasteiger partial charge in [0.15, 0.2) is 0 Å². The third-order valence-corrected chi connectivity index (χ3v) is 9.52. The van der Waals surface area contributed by atoms with E-state index in [1.165, 1.54) is 11.8 Å². The molecule has 3 aromatic carbocycles. The Morgan fingerprint density at radius 3 is 1.85 bits per heavy atom. The molecule has 0 aliphatic heterocycles. The molecule has 0 saturated heterocycles. The molecule has 0 bridgehead atoms. The van der Waals surface area contributed by atoms with E-state index in [0.717, 1.165) is 22.5 Å². The van der Waals surface area contributed by atoms with Crippen molar-refractivity contribution in [3.8, 4) is 0 Å². The van der Waals surface area contributed by atoms with E-state index >= 15 is 0 Å². The molecule has 0 radical (unpaired) electrons. The normalized spacial score (nSPS) is 12.5. The average Bonchev–Trinajstić information content (AvgIpc) is 3.51. The molecule has 0 spiro atoms. The Bertz CT molecular complexity index is 1250. The Balaban J connectivity index is 1.66. The number of imidazole rings is 1. The van der Waals surface area contributed by atoms with Crippen molar-refractivity contribution in [2.24, 2.45) is 0 Å². The molecule has 1 heterocycles. The predicted molar refractivity (Wildman–Crippen MR) is 164 cm³/mol. The second kappa shape index (κ2) is 13.7. The topological polar surface area (TPSA) is 84.1 Å². The Kier molecular flexibility index (Phi) is 10.1. The minimum atomic E-state index is -0.837. The highest BCUT2D eigenvalue weighted by Gasteiger charge is 2.40. The first-order chi connectivity index (χ1) is 19.4. The first-order valence-electron chi connectivity index (χ1n) is 13.3. The number of hydrogen-bond acceptors (Lipinski definition) is 6. The summed E-state index contributed by atoms with van der Waals surface area (Å²) in [6.45, 7) is 5.71. The number of H-pyrrole nitrogens is 1. The number of rotatable bonds is 13. The van der Waals surface area contributed by atoms with Gasteiger partial charge < -0.3 is 15.0 Å². The highest BCUT2D eigenvalue weighted by molar-refractivity contribution is 8.01. The van der Waals surface area contributed by atoms with Crippen molar-refractivity contribution in [1.29, 1.82) is 0 Å². The molecule has 1 aromatic heterocycles. The van der Waals surface area contributed by atoms with Crippen molar-refractivity contribution in [3.05, 3.63) is 126 Å². The number of aromatic nitrogens is 2. The highest BCUT2D eigenvalue weighted by Crippen LogP contribution is 2.48. The van der Waals surface area contributed by atoms with Gasteiger partial charge in [-0.2, -0.15) is 0 Å². The number of nitrogens with one attached hydrogen (secondary N) is 2. The zero-order valence-corrected chi connectivity index (χ0v) is 24.6. The maximum atomic E-state index is 13.5. The van der Waals surface area contributed by atoms with Gasteiger partial charge in [-0.25, -0.2) is 9.78 Å². The van der Waals surface area contributed by atoms with Crippen molar-refractivity contribution in [1.82, 2.24) is 15.3 Å². The lowest BCUT2D eigenvalue weighted by Crippen LogP contribution is -2.50. The van der Waals surface area contributed by atoms with Crippen LogP contribution in [-0.4, -0.2) is 45.0 Å². The van der Waals surface area contributed by atoms with E-state index in [1.807, 2.05) is 68.4 Å². The van der Waals surface area contributed by atoms with E-state index in [0.29, 0.717) is 11.5 Å². The number of aromatic amines is 1. The molecular weight excluding hydrogens is 539 g/mol. The van der Waals surface area contributed by atoms with Crippen LogP contribution >= 0.6 is 23.5 Å². The molecule has 6 nitrogen and oxygen atoms in total. The Morgan fingerprint density at radius 1 is 0.875 bits per heavy atom. The number of ether oxygens (including phenoxy) is 1. The minimum absolute atomic E-state index is 0.229. The van der Waals surface area contributed by atoms with Crippen LogP contribution in [0.2, 0.25) is 0 Å². The summed E-state index contributed by atoms with van der Waals surface area (Å²) >= 11 is 3.08. The van der Waals surface area contributed by atoms with Crippen LogP contribution in [0.4, 0.5) is 0 Å². The molecule has 0 aliphatic carbocycles. The first kappa shape index (κ1) is 29.5. The molecule has 0 aliphatic rings. The van der Waals surface area contributed by atoms with Gasteiger partial charge >= 0.3 is 5.97 Å². The fourth-order valence-corrected chi connectivity index (χ4v) is 6.80. The number of nitrogens with zero attached hydrogens (tertiary/aromatic N) is 1. The molecule has 0 unspecified atom stereocenters. The molecule has 8 heteroatoms. The van der Waals surface area contributed by atoms with Crippen molar-refractivity contribution in [2.75, 3.05) is 12.4 Å². The molecule has 40 heavy (non-hydrogen) atoms. The van der Waals surface area contributed by atoms with Crippen LogP contribution in [0.15, 0.2) is 103 Å². The maximum absolute atomic E-state index is 13.5. The van der Waals surface area contributed by atoms with E-state index in [-0.39, 0.29) is 12.5 Å². The Labute approximate surface area is 244 Å². The number of thioether (sulfide) groups is 2. The Hall–Kier alpha value is -3.49. The van der Waals surface area contributed by atoms with Gasteiger partial charge in [0.25, 0.3) is 0 Å². The van der Waals surface area contributed by atoms with Crippen LogP contribution < -0.4 is 5.32 Å². The predicted octanol–water partition coefficient (Wildman–Crippen LogP) is 6.19. The monoisotopic (exact) mass is 573 g/mol. The zero-order chi connectivity index (χ0) is 28.4. The number of benzene rings is 3. The quantitative estimate of drug-likeness (QED) is 0.147. The summed E-state index contributed by atoms with van der Waals surface area (Å²) in [6, 6.07) is 30.0. The summed E-state index contributed by atoms with van der Waals surface area (Å²) in [5.74, 6) is 0.973. The SMILES string of the molecule is CCOC(=O)[C@H](CSC(c1ccccc1)(c1ccccc1)c1ccccc1)NC(=O)C(C)(C)SCc1ncc[nH]1. The molecule has 4 aromatic rings. The summed E-state index contributed by atoms with van der Waals surface area (Å²) in [4.78, 5) is 34.0. The summed E-state index contributed by atoms with van der Waals surface area (Å²) in [5.41, 5.74) is 3.25. The molecule has 2 N–H and O–H groups in total. The van der Waals surface area contributed by atoms with E-state index in [4.69, 9.17) is 4.74 Å². The van der Waals surface area contributed by atoms with Crippen LogP contribution in [0.25, 0.3) is 0 Å². The van der Waals surface area contributed by atoms with Gasteiger partial charge in [0.05, 0.1) is 21.9 Å². The van der Waals surface area contributed by atoms with E-state index in [2.05, 4.69) is 51.7 Å². The third-order valence-electron chi connectivity index (χ3n) is 6.56. The Morgan fingerprint density at radius 2 is 1.40 bits per heavy atom. The fraction of sp³-hybridized carbons (Fsp3) is 0.281. The average molecular weight is 574 g/mol. The smallest absolute Gasteiger partial charge is 0.329 e. The van der Waals surface area contributed by atoms with E-state index in [1.54, 1.807) is 31.1 Å². The van der Waals surface area contributed by atoms with Crippen LogP contribution in [0.1, 0.15) is 43.3 Å². The summed E-state index contributed by atoms with van der Waals surface area (Å²) in [7, 11) is 0. The molecule has 1 atom stereocenters. The van der Waals surface area contributed by atoms with E-state index < -0.39 is 21.5 Å². The van der Waals surface area contributed by atoms with Gasteiger partial charge in [0, 0.05) is 18.1 Å². The summed E-state index contributed by atoms with van der Waals surface area (Å²) < 4.78 is 4.01. The second-order valence-corrected chi connectivity index (χ2v) is 12.5. The van der Waals surface area contributed by atoms with Crippen LogP contribution in [-0.2, 0) is 24.8 Å². The molecular formula is C32H35N3O3S2. The lowest BCUT2D eigenvalue weighted by Gasteiger charge is -2.36. The van der Waals surface area contributed by atoms with Crippen LogP contribution in [0.3, 0.4) is 0 Å². The van der Waals surface area contributed by atoms with Crippen LogP contribution in [0, 0.1) is 0 Å².